The van der Waals surface area contributed by atoms with Gasteiger partial charge in [-0.1, -0.05) is 6.07 Å². The summed E-state index contributed by atoms with van der Waals surface area (Å²) in [6, 6.07) is 9.63. The van der Waals surface area contributed by atoms with Crippen molar-refractivity contribution >= 4 is 28.4 Å². The Kier molecular flexibility index (Phi) is 8.99. The number of carbonyl (C=O) groups is 2. The fourth-order valence-corrected chi connectivity index (χ4v) is 4.30. The summed E-state index contributed by atoms with van der Waals surface area (Å²) in [6.07, 6.45) is 4.66. The summed E-state index contributed by atoms with van der Waals surface area (Å²) in [5.74, 6) is -0.672. The van der Waals surface area contributed by atoms with Crippen molar-refractivity contribution < 1.29 is 28.9 Å². The zero-order valence-electron chi connectivity index (χ0n) is 23.5. The highest BCUT2D eigenvalue weighted by Crippen LogP contribution is 2.33. The van der Waals surface area contributed by atoms with Crippen molar-refractivity contribution in [1.29, 1.82) is 0 Å². The number of hydrogen-bond acceptors (Lipinski definition) is 7. The van der Waals surface area contributed by atoms with Crippen LogP contribution in [0.15, 0.2) is 55.0 Å². The Labute approximate surface area is 237 Å². The summed E-state index contributed by atoms with van der Waals surface area (Å²) < 4.78 is 23.2. The van der Waals surface area contributed by atoms with Crippen LogP contribution in [0.3, 0.4) is 0 Å². The highest BCUT2D eigenvalue weighted by molar-refractivity contribution is 5.99. The van der Waals surface area contributed by atoms with Gasteiger partial charge in [0.05, 0.1) is 42.6 Å². The molecule has 10 nitrogen and oxygen atoms in total. The Morgan fingerprint density at radius 3 is 2.46 bits per heavy atom. The van der Waals surface area contributed by atoms with Crippen LogP contribution < -0.4 is 10.1 Å². The average Bonchev–Trinajstić information content (AvgIpc) is 3.41. The summed E-state index contributed by atoms with van der Waals surface area (Å²) in [5.41, 5.74) is 1.63. The maximum Gasteiger partial charge on any atom is 0.254 e. The average molecular weight is 564 g/mol. The number of pyridine rings is 1. The third-order valence-corrected chi connectivity index (χ3v) is 6.52. The van der Waals surface area contributed by atoms with Crippen LogP contribution in [0.2, 0.25) is 0 Å². The number of ether oxygens (including phenoxy) is 1. The van der Waals surface area contributed by atoms with Crippen molar-refractivity contribution in [2.75, 3.05) is 31.6 Å². The lowest BCUT2D eigenvalue weighted by molar-refractivity contribution is -0.115. The van der Waals surface area contributed by atoms with Crippen LogP contribution in [0.25, 0.3) is 10.9 Å². The minimum atomic E-state index is -0.555. The minimum Gasteiger partial charge on any atom is -0.456 e. The summed E-state index contributed by atoms with van der Waals surface area (Å²) >= 11 is 0. The molecule has 0 aliphatic rings. The molecule has 0 atom stereocenters. The molecule has 2 aromatic carbocycles. The molecule has 0 unspecified atom stereocenters. The molecule has 4 aromatic rings. The van der Waals surface area contributed by atoms with Gasteiger partial charge in [-0.3, -0.25) is 19.3 Å². The second kappa shape index (κ2) is 12.4. The molecule has 41 heavy (non-hydrogen) atoms. The number of carbonyl (C=O) groups excluding carboxylic acids is 2. The predicted molar refractivity (Wildman–Crippen MR) is 153 cm³/mol. The molecule has 0 aliphatic heterocycles. The minimum absolute atomic E-state index is 0.0806. The standard InChI is InChI=1S/C30H34FN5O5/c1-19-25(8-6-20(28(19)31)16-27(39)34-22-17-33-36(18-22)30(2,3)4)41-26-9-10-32-24-7-5-21(15-23(24)26)29(40)35(11-13-37)12-14-38/h5-10,15,17-18,37-38H,11-14,16H2,1-4H3,(H,34,39). The molecule has 0 saturated carbocycles. The summed E-state index contributed by atoms with van der Waals surface area (Å²) in [4.78, 5) is 31.3. The van der Waals surface area contributed by atoms with Gasteiger partial charge >= 0.3 is 0 Å². The predicted octanol–water partition coefficient (Wildman–Crippen LogP) is 4.03. The fourth-order valence-electron chi connectivity index (χ4n) is 4.30. The fraction of sp³-hybridized carbons (Fsp3) is 0.333. The van der Waals surface area contributed by atoms with E-state index in [0.717, 1.165) is 0 Å². The van der Waals surface area contributed by atoms with Crippen molar-refractivity contribution in [2.24, 2.45) is 0 Å². The zero-order valence-corrected chi connectivity index (χ0v) is 23.5. The lowest BCUT2D eigenvalue weighted by atomic mass is 10.1. The topological polar surface area (TPSA) is 130 Å². The van der Waals surface area contributed by atoms with Crippen molar-refractivity contribution in [2.45, 2.75) is 39.7 Å². The van der Waals surface area contributed by atoms with E-state index in [1.54, 1.807) is 60.5 Å². The molecule has 4 rings (SSSR count). The molecule has 0 aliphatic carbocycles. The first kappa shape index (κ1) is 29.6. The number of amides is 2. The summed E-state index contributed by atoms with van der Waals surface area (Å²) in [5, 5.41) is 26.1. The second-order valence-electron chi connectivity index (χ2n) is 10.6. The van der Waals surface area contributed by atoms with E-state index in [4.69, 9.17) is 4.74 Å². The third kappa shape index (κ3) is 6.87. The molecule has 216 valence electrons. The van der Waals surface area contributed by atoms with E-state index < -0.39 is 5.82 Å². The van der Waals surface area contributed by atoms with Crippen molar-refractivity contribution in [1.82, 2.24) is 19.7 Å². The van der Waals surface area contributed by atoms with Crippen LogP contribution in [-0.2, 0) is 16.8 Å². The molecule has 2 heterocycles. The number of benzene rings is 2. The molecular weight excluding hydrogens is 529 g/mol. The van der Waals surface area contributed by atoms with E-state index in [0.29, 0.717) is 27.9 Å². The molecule has 0 saturated heterocycles. The van der Waals surface area contributed by atoms with Crippen molar-refractivity contribution in [3.63, 3.8) is 0 Å². The van der Waals surface area contributed by atoms with Gasteiger partial charge in [0.2, 0.25) is 5.91 Å². The molecule has 0 fully saturated rings. The van der Waals surface area contributed by atoms with Gasteiger partial charge in [-0.15, -0.1) is 0 Å². The Bertz CT molecular complexity index is 1560. The zero-order chi connectivity index (χ0) is 29.7. The molecule has 0 bridgehead atoms. The normalized spacial score (nSPS) is 11.5. The number of nitrogens with zero attached hydrogens (tertiary/aromatic N) is 4. The Balaban J connectivity index is 1.54. The first-order valence-corrected chi connectivity index (χ1v) is 13.2. The molecule has 0 radical (unpaired) electrons. The Morgan fingerprint density at radius 2 is 1.80 bits per heavy atom. The summed E-state index contributed by atoms with van der Waals surface area (Å²) in [6.45, 7) is 7.23. The van der Waals surface area contributed by atoms with Crippen molar-refractivity contribution in [3.8, 4) is 11.5 Å². The Hall–Kier alpha value is -4.35. The quantitative estimate of drug-likeness (QED) is 0.266. The number of nitrogens with one attached hydrogen (secondary N) is 1. The molecule has 2 aromatic heterocycles. The van der Waals surface area contributed by atoms with Gasteiger partial charge < -0.3 is 25.2 Å². The molecular formula is C30H34FN5O5. The molecule has 0 spiro atoms. The highest BCUT2D eigenvalue weighted by Gasteiger charge is 2.19. The van der Waals surface area contributed by atoms with Gasteiger partial charge in [-0.25, -0.2) is 4.39 Å². The van der Waals surface area contributed by atoms with Crippen LogP contribution in [0, 0.1) is 12.7 Å². The number of aromatic nitrogens is 3. The Morgan fingerprint density at radius 1 is 1.07 bits per heavy atom. The molecule has 3 N–H and O–H groups in total. The van der Waals surface area contributed by atoms with E-state index in [1.165, 1.54) is 11.0 Å². The molecule has 11 heteroatoms. The van der Waals surface area contributed by atoms with Gasteiger partial charge in [-0.05, 0) is 63.6 Å². The number of aliphatic hydroxyl groups excluding tert-OH is 2. The molecule has 2 amide bonds. The van der Waals surface area contributed by atoms with E-state index >= 15 is 4.39 Å². The largest absolute Gasteiger partial charge is 0.456 e. The van der Waals surface area contributed by atoms with E-state index in [-0.39, 0.29) is 67.0 Å². The van der Waals surface area contributed by atoms with Crippen LogP contribution in [0.1, 0.15) is 42.3 Å². The lowest BCUT2D eigenvalue weighted by Crippen LogP contribution is -2.35. The van der Waals surface area contributed by atoms with Crippen LogP contribution >= 0.6 is 0 Å². The number of halogens is 1. The number of fused-ring (bicyclic) bond motifs is 1. The monoisotopic (exact) mass is 563 g/mol. The van der Waals surface area contributed by atoms with Gasteiger partial charge in [0.1, 0.15) is 17.3 Å². The number of anilines is 1. The van der Waals surface area contributed by atoms with Gasteiger partial charge in [0.25, 0.3) is 5.91 Å². The van der Waals surface area contributed by atoms with Crippen LogP contribution in [-0.4, -0.2) is 68.0 Å². The highest BCUT2D eigenvalue weighted by atomic mass is 19.1. The number of rotatable bonds is 10. The van der Waals surface area contributed by atoms with Crippen LogP contribution in [0.4, 0.5) is 10.1 Å². The maximum absolute atomic E-state index is 15.4. The third-order valence-electron chi connectivity index (χ3n) is 6.52. The van der Waals surface area contributed by atoms with Gasteiger partial charge in [0.15, 0.2) is 0 Å². The van der Waals surface area contributed by atoms with Crippen LogP contribution in [0.5, 0.6) is 11.5 Å². The summed E-state index contributed by atoms with van der Waals surface area (Å²) in [7, 11) is 0. The smallest absolute Gasteiger partial charge is 0.254 e. The second-order valence-corrected chi connectivity index (χ2v) is 10.6. The van der Waals surface area contributed by atoms with E-state index in [9.17, 15) is 19.8 Å². The van der Waals surface area contributed by atoms with Gasteiger partial charge in [0, 0.05) is 42.0 Å². The van der Waals surface area contributed by atoms with Crippen molar-refractivity contribution in [3.05, 3.63) is 77.5 Å². The SMILES string of the molecule is Cc1c(Oc2ccnc3ccc(C(=O)N(CCO)CCO)cc23)ccc(CC(=O)Nc2cnn(C(C)(C)C)c2)c1F. The number of hydrogen-bond donors (Lipinski definition) is 3. The lowest BCUT2D eigenvalue weighted by Gasteiger charge is -2.21. The van der Waals surface area contributed by atoms with Gasteiger partial charge in [-0.2, -0.15) is 5.10 Å². The van der Waals surface area contributed by atoms with E-state index in [2.05, 4.69) is 15.4 Å². The first-order chi connectivity index (χ1) is 19.5. The van der Waals surface area contributed by atoms with E-state index in [1.807, 2.05) is 20.8 Å². The first-order valence-electron chi connectivity index (χ1n) is 13.2. The maximum atomic E-state index is 15.4. The number of aliphatic hydroxyl groups is 2.